The van der Waals surface area contributed by atoms with E-state index < -0.39 is 18.0 Å². The van der Waals surface area contributed by atoms with E-state index in [1.54, 1.807) is 43.3 Å². The average Bonchev–Trinajstić information content (AvgIpc) is 3.06. The number of benzene rings is 3. The van der Waals surface area contributed by atoms with Crippen molar-refractivity contribution in [3.8, 4) is 28.4 Å². The van der Waals surface area contributed by atoms with Gasteiger partial charge in [-0.3, -0.25) is 0 Å². The van der Waals surface area contributed by atoms with Crippen molar-refractivity contribution < 1.29 is 28.5 Å². The third kappa shape index (κ3) is 13.5. The molecule has 0 fully saturated rings. The molecule has 2 atom stereocenters. The van der Waals surface area contributed by atoms with Gasteiger partial charge in [0.1, 0.15) is 17.2 Å². The fourth-order valence-electron chi connectivity index (χ4n) is 4.92. The summed E-state index contributed by atoms with van der Waals surface area (Å²) in [5.41, 5.74) is 2.36. The molecule has 45 heavy (non-hydrogen) atoms. The van der Waals surface area contributed by atoms with Gasteiger partial charge in [-0.15, -0.1) is 0 Å². The van der Waals surface area contributed by atoms with E-state index in [1.165, 1.54) is 44.9 Å². The van der Waals surface area contributed by atoms with E-state index in [4.69, 9.17) is 18.9 Å². The molecule has 3 aromatic carbocycles. The normalized spacial score (nSPS) is 12.4. The number of esters is 2. The van der Waals surface area contributed by atoms with E-state index in [1.807, 2.05) is 36.4 Å². The summed E-state index contributed by atoms with van der Waals surface area (Å²) in [5, 5.41) is 0. The van der Waals surface area contributed by atoms with E-state index in [2.05, 4.69) is 20.8 Å². The van der Waals surface area contributed by atoms with Gasteiger partial charge in [-0.1, -0.05) is 103 Å². The molecule has 0 unspecified atom stereocenters. The largest absolute Gasteiger partial charge is 0.494 e. The first-order valence-electron chi connectivity index (χ1n) is 16.9. The van der Waals surface area contributed by atoms with Crippen molar-refractivity contribution in [3.63, 3.8) is 0 Å². The number of hydrogen-bond donors (Lipinski definition) is 0. The molecule has 0 N–H and O–H groups in total. The monoisotopic (exact) mass is 616 g/mol. The highest BCUT2D eigenvalue weighted by Crippen LogP contribution is 2.26. The van der Waals surface area contributed by atoms with Crippen molar-refractivity contribution >= 4 is 11.9 Å². The second-order valence-corrected chi connectivity index (χ2v) is 11.9. The summed E-state index contributed by atoms with van der Waals surface area (Å²) in [6.07, 6.45) is 12.9. The smallest absolute Gasteiger partial charge is 0.343 e. The van der Waals surface area contributed by atoms with Crippen LogP contribution in [-0.2, 0) is 9.53 Å². The zero-order valence-corrected chi connectivity index (χ0v) is 27.7. The number of ether oxygens (including phenoxy) is 4. The Labute approximate surface area is 270 Å². The first kappa shape index (κ1) is 35.8. The SMILES string of the molecule is CCCCCCCCCCOc1ccc(C(=O)Oc2ccc(-c3ccc(OC(=O)[C@H](C)OC[C@H](C)CCCC)cc3)cc2)cc1. The van der Waals surface area contributed by atoms with Crippen LogP contribution in [0.2, 0.25) is 0 Å². The summed E-state index contributed by atoms with van der Waals surface area (Å²) in [5.74, 6) is 1.27. The number of hydrogen-bond acceptors (Lipinski definition) is 6. The molecule has 3 aromatic rings. The predicted octanol–water partition coefficient (Wildman–Crippen LogP) is 10.2. The molecule has 6 nitrogen and oxygen atoms in total. The van der Waals surface area contributed by atoms with Crippen molar-refractivity contribution in [3.05, 3.63) is 78.4 Å². The molecule has 0 aliphatic carbocycles. The third-order valence-electron chi connectivity index (χ3n) is 7.84. The molecule has 0 bridgehead atoms. The van der Waals surface area contributed by atoms with Crippen molar-refractivity contribution in [2.24, 2.45) is 5.92 Å². The molecule has 0 aliphatic heterocycles. The molecule has 0 radical (unpaired) electrons. The zero-order chi connectivity index (χ0) is 32.3. The summed E-state index contributed by atoms with van der Waals surface area (Å²) in [6, 6.07) is 21.7. The Balaban J connectivity index is 1.40. The molecule has 0 aliphatic rings. The molecular formula is C39H52O6. The molecular weight excluding hydrogens is 564 g/mol. The maximum Gasteiger partial charge on any atom is 0.343 e. The minimum absolute atomic E-state index is 0.405. The lowest BCUT2D eigenvalue weighted by atomic mass is 10.1. The Hall–Kier alpha value is -3.64. The van der Waals surface area contributed by atoms with Crippen molar-refractivity contribution in [1.82, 2.24) is 0 Å². The van der Waals surface area contributed by atoms with Crippen LogP contribution >= 0.6 is 0 Å². The number of unbranched alkanes of at least 4 members (excludes halogenated alkanes) is 8. The minimum Gasteiger partial charge on any atom is -0.494 e. The van der Waals surface area contributed by atoms with Gasteiger partial charge in [0.2, 0.25) is 0 Å². The minimum atomic E-state index is -0.625. The first-order chi connectivity index (χ1) is 21.9. The van der Waals surface area contributed by atoms with Crippen LogP contribution in [0.25, 0.3) is 11.1 Å². The van der Waals surface area contributed by atoms with E-state index in [9.17, 15) is 9.59 Å². The summed E-state index contributed by atoms with van der Waals surface area (Å²) < 4.78 is 22.7. The summed E-state index contributed by atoms with van der Waals surface area (Å²) in [7, 11) is 0. The molecule has 0 saturated heterocycles. The average molecular weight is 617 g/mol. The molecule has 0 heterocycles. The van der Waals surface area contributed by atoms with Crippen LogP contribution in [-0.4, -0.2) is 31.3 Å². The highest BCUT2D eigenvalue weighted by Gasteiger charge is 2.17. The Morgan fingerprint density at radius 2 is 1.11 bits per heavy atom. The van der Waals surface area contributed by atoms with Gasteiger partial charge in [-0.25, -0.2) is 9.59 Å². The van der Waals surface area contributed by atoms with Crippen LogP contribution in [0, 0.1) is 5.92 Å². The molecule has 0 aromatic heterocycles. The molecule has 0 spiro atoms. The van der Waals surface area contributed by atoms with E-state index >= 15 is 0 Å². The van der Waals surface area contributed by atoms with Crippen LogP contribution in [0.5, 0.6) is 17.2 Å². The summed E-state index contributed by atoms with van der Waals surface area (Å²) >= 11 is 0. The van der Waals surface area contributed by atoms with Gasteiger partial charge in [-0.2, -0.15) is 0 Å². The van der Waals surface area contributed by atoms with Crippen molar-refractivity contribution in [2.75, 3.05) is 13.2 Å². The third-order valence-corrected chi connectivity index (χ3v) is 7.84. The van der Waals surface area contributed by atoms with Crippen LogP contribution in [0.3, 0.4) is 0 Å². The van der Waals surface area contributed by atoms with Gasteiger partial charge in [0.25, 0.3) is 0 Å². The fraction of sp³-hybridized carbons (Fsp3) is 0.487. The van der Waals surface area contributed by atoms with Gasteiger partial charge < -0.3 is 18.9 Å². The fourth-order valence-corrected chi connectivity index (χ4v) is 4.92. The van der Waals surface area contributed by atoms with Gasteiger partial charge in [0.05, 0.1) is 18.8 Å². The van der Waals surface area contributed by atoms with Crippen molar-refractivity contribution in [1.29, 1.82) is 0 Å². The van der Waals surface area contributed by atoms with Gasteiger partial charge in [0.15, 0.2) is 6.10 Å². The lowest BCUT2D eigenvalue weighted by Gasteiger charge is -2.16. The van der Waals surface area contributed by atoms with Crippen LogP contribution in [0.1, 0.15) is 109 Å². The maximum absolute atomic E-state index is 12.7. The topological polar surface area (TPSA) is 71.1 Å². The Morgan fingerprint density at radius 3 is 1.69 bits per heavy atom. The predicted molar refractivity (Wildman–Crippen MR) is 181 cm³/mol. The number of rotatable bonds is 21. The van der Waals surface area contributed by atoms with Gasteiger partial charge >= 0.3 is 11.9 Å². The van der Waals surface area contributed by atoms with Crippen LogP contribution in [0.4, 0.5) is 0 Å². The summed E-state index contributed by atoms with van der Waals surface area (Å²) in [6.45, 7) is 9.50. The standard InChI is InChI=1S/C39H52O6/c1-5-7-9-10-11-12-13-14-28-42-35-22-20-34(21-23-35)39(41)45-37-26-18-33(19-27-37)32-16-24-36(25-17-32)44-38(40)31(4)43-29-30(3)15-8-6-2/h16-27,30-31H,5-15,28-29H2,1-4H3/t30-,31+/m1/s1. The molecule has 0 amide bonds. The summed E-state index contributed by atoms with van der Waals surface area (Å²) in [4.78, 5) is 25.1. The Morgan fingerprint density at radius 1 is 0.600 bits per heavy atom. The second kappa shape index (κ2) is 20.4. The van der Waals surface area contributed by atoms with Gasteiger partial charge in [-0.05, 0) is 85.3 Å². The first-order valence-corrected chi connectivity index (χ1v) is 16.9. The zero-order valence-electron chi connectivity index (χ0n) is 27.7. The Bertz CT molecular complexity index is 1250. The lowest BCUT2D eigenvalue weighted by Crippen LogP contribution is -2.27. The van der Waals surface area contributed by atoms with Crippen molar-refractivity contribution in [2.45, 2.75) is 104 Å². The second-order valence-electron chi connectivity index (χ2n) is 11.9. The molecule has 244 valence electrons. The molecule has 6 heteroatoms. The number of carbonyl (C=O) groups is 2. The van der Waals surface area contributed by atoms with Crippen LogP contribution < -0.4 is 14.2 Å². The quantitative estimate of drug-likeness (QED) is 0.0674. The van der Waals surface area contributed by atoms with E-state index in [-0.39, 0.29) is 0 Å². The van der Waals surface area contributed by atoms with Gasteiger partial charge in [0, 0.05) is 0 Å². The highest BCUT2D eigenvalue weighted by molar-refractivity contribution is 5.91. The molecule has 3 rings (SSSR count). The highest BCUT2D eigenvalue weighted by atomic mass is 16.6. The maximum atomic E-state index is 12.7. The lowest BCUT2D eigenvalue weighted by molar-refractivity contribution is -0.147. The van der Waals surface area contributed by atoms with Crippen LogP contribution in [0.15, 0.2) is 72.8 Å². The number of carbonyl (C=O) groups excluding carboxylic acids is 2. The Kier molecular flexibility index (Phi) is 16.2. The van der Waals surface area contributed by atoms with E-state index in [0.717, 1.165) is 42.6 Å². The van der Waals surface area contributed by atoms with E-state index in [0.29, 0.717) is 36.2 Å². The molecule has 0 saturated carbocycles.